The van der Waals surface area contributed by atoms with Gasteiger partial charge in [-0.2, -0.15) is 5.26 Å². The Bertz CT molecular complexity index is 780. The second kappa shape index (κ2) is 5.46. The van der Waals surface area contributed by atoms with Gasteiger partial charge >= 0.3 is 5.97 Å². The van der Waals surface area contributed by atoms with Gasteiger partial charge in [0.05, 0.1) is 28.5 Å². The zero-order chi connectivity index (χ0) is 15.7. The molecule has 0 aliphatic rings. The number of anilines is 1. The topological polar surface area (TPSA) is 101 Å². The van der Waals surface area contributed by atoms with E-state index in [0.717, 1.165) is 23.8 Å². The van der Waals surface area contributed by atoms with Crippen molar-refractivity contribution in [1.82, 2.24) is 4.57 Å². The van der Waals surface area contributed by atoms with E-state index in [4.69, 9.17) is 11.0 Å². The largest absolute Gasteiger partial charge is 0.507 e. The normalized spacial score (nSPS) is 10.2. The first kappa shape index (κ1) is 14.9. The molecule has 0 amide bonds. The number of nitrogens with zero attached hydrogens (tertiary/aromatic N) is 2. The van der Waals surface area contributed by atoms with Crippen molar-refractivity contribution >= 4 is 27.6 Å². The lowest BCUT2D eigenvalue weighted by atomic mass is 10.2. The summed E-state index contributed by atoms with van der Waals surface area (Å²) in [5.74, 6) is -1.77. The number of esters is 1. The van der Waals surface area contributed by atoms with Crippen molar-refractivity contribution in [2.75, 3.05) is 12.8 Å². The van der Waals surface area contributed by atoms with E-state index < -0.39 is 11.8 Å². The Morgan fingerprint density at radius 2 is 2.24 bits per heavy atom. The third-order valence-corrected chi connectivity index (χ3v) is 3.45. The highest BCUT2D eigenvalue weighted by Crippen LogP contribution is 2.32. The number of rotatable bonds is 2. The van der Waals surface area contributed by atoms with Gasteiger partial charge in [0.15, 0.2) is 5.69 Å². The Morgan fingerprint density at radius 3 is 2.81 bits per heavy atom. The van der Waals surface area contributed by atoms with Crippen LogP contribution >= 0.6 is 15.9 Å². The van der Waals surface area contributed by atoms with E-state index in [9.17, 15) is 14.3 Å². The number of methoxy groups -OCH3 is 1. The first-order valence-electron chi connectivity index (χ1n) is 5.58. The van der Waals surface area contributed by atoms with Gasteiger partial charge in [0.2, 0.25) is 0 Å². The molecule has 0 aliphatic carbocycles. The van der Waals surface area contributed by atoms with Gasteiger partial charge in [0.1, 0.15) is 17.6 Å². The first-order valence-corrected chi connectivity index (χ1v) is 6.37. The lowest BCUT2D eigenvalue weighted by molar-refractivity contribution is 0.0593. The zero-order valence-electron chi connectivity index (χ0n) is 10.7. The SMILES string of the molecule is COC(=O)c1c(N)c(C#N)cn1-c1cc(O)c(Br)cc1F. The van der Waals surface area contributed by atoms with Crippen LogP contribution in [0.2, 0.25) is 0 Å². The predicted molar refractivity (Wildman–Crippen MR) is 75.6 cm³/mol. The maximum atomic E-state index is 14.1. The maximum absolute atomic E-state index is 14.1. The Labute approximate surface area is 127 Å². The van der Waals surface area contributed by atoms with Crippen LogP contribution in [0.3, 0.4) is 0 Å². The number of ether oxygens (including phenoxy) is 1. The summed E-state index contributed by atoms with van der Waals surface area (Å²) >= 11 is 2.98. The van der Waals surface area contributed by atoms with E-state index in [1.807, 2.05) is 0 Å². The predicted octanol–water partition coefficient (Wildman–Crippen LogP) is 2.32. The number of halogens is 2. The average molecular weight is 354 g/mol. The Hall–Kier alpha value is -2.53. The van der Waals surface area contributed by atoms with Crippen LogP contribution in [-0.2, 0) is 4.74 Å². The molecule has 0 radical (unpaired) electrons. The van der Waals surface area contributed by atoms with E-state index in [1.54, 1.807) is 6.07 Å². The fourth-order valence-corrected chi connectivity index (χ4v) is 2.13. The number of nitrogen functional groups attached to an aromatic ring is 1. The Balaban J connectivity index is 2.78. The molecule has 0 unspecified atom stereocenters. The third-order valence-electron chi connectivity index (χ3n) is 2.82. The van der Waals surface area contributed by atoms with E-state index in [0.29, 0.717) is 0 Å². The number of phenols is 1. The summed E-state index contributed by atoms with van der Waals surface area (Å²) < 4.78 is 19.9. The fraction of sp³-hybridized carbons (Fsp3) is 0.0769. The number of aromatic hydroxyl groups is 1. The van der Waals surface area contributed by atoms with Gasteiger partial charge in [-0.05, 0) is 22.0 Å². The van der Waals surface area contributed by atoms with E-state index >= 15 is 0 Å². The number of aromatic nitrogens is 1. The molecule has 6 nitrogen and oxygen atoms in total. The van der Waals surface area contributed by atoms with Crippen LogP contribution in [-0.4, -0.2) is 22.8 Å². The molecule has 2 rings (SSSR count). The number of hydrogen-bond acceptors (Lipinski definition) is 5. The summed E-state index contributed by atoms with van der Waals surface area (Å²) in [4.78, 5) is 11.8. The van der Waals surface area contributed by atoms with Gasteiger partial charge < -0.3 is 20.1 Å². The minimum Gasteiger partial charge on any atom is -0.507 e. The van der Waals surface area contributed by atoms with Crippen LogP contribution in [0.15, 0.2) is 22.8 Å². The molecular weight excluding hydrogens is 345 g/mol. The smallest absolute Gasteiger partial charge is 0.357 e. The molecular formula is C13H9BrFN3O3. The van der Waals surface area contributed by atoms with Gasteiger partial charge in [-0.15, -0.1) is 0 Å². The van der Waals surface area contributed by atoms with Crippen molar-refractivity contribution in [2.45, 2.75) is 0 Å². The van der Waals surface area contributed by atoms with Gasteiger partial charge in [-0.3, -0.25) is 0 Å². The summed E-state index contributed by atoms with van der Waals surface area (Å²) in [6.45, 7) is 0. The lowest BCUT2D eigenvalue weighted by Crippen LogP contribution is -2.12. The van der Waals surface area contributed by atoms with Crippen molar-refractivity contribution < 1.29 is 19.0 Å². The monoisotopic (exact) mass is 353 g/mol. The highest BCUT2D eigenvalue weighted by Gasteiger charge is 2.23. The highest BCUT2D eigenvalue weighted by molar-refractivity contribution is 9.10. The number of hydrogen-bond donors (Lipinski definition) is 2. The third kappa shape index (κ3) is 2.43. The summed E-state index contributed by atoms with van der Waals surface area (Å²) in [7, 11) is 1.14. The number of nitrogens with two attached hydrogens (primary N) is 1. The molecule has 1 aromatic heterocycles. The molecule has 0 saturated heterocycles. The maximum Gasteiger partial charge on any atom is 0.357 e. The van der Waals surface area contributed by atoms with E-state index in [1.165, 1.54) is 6.20 Å². The molecule has 21 heavy (non-hydrogen) atoms. The second-order valence-electron chi connectivity index (χ2n) is 4.03. The van der Waals surface area contributed by atoms with Crippen molar-refractivity contribution in [3.05, 3.63) is 39.9 Å². The standard InChI is InChI=1S/C13H9BrFN3O3/c1-21-13(20)12-11(17)6(4-16)5-18(12)9-3-10(19)7(14)2-8(9)15/h2-3,5,19H,17H2,1H3. The fourth-order valence-electron chi connectivity index (χ4n) is 1.82. The Kier molecular flexibility index (Phi) is 3.86. The number of phenolic OH excluding ortho intramolecular Hbond substituents is 1. The first-order chi connectivity index (χ1) is 9.90. The minimum atomic E-state index is -0.823. The highest BCUT2D eigenvalue weighted by atomic mass is 79.9. The molecule has 0 bridgehead atoms. The number of carbonyl (C=O) groups excluding carboxylic acids is 1. The van der Waals surface area contributed by atoms with Crippen LogP contribution in [0.5, 0.6) is 5.75 Å². The van der Waals surface area contributed by atoms with Crippen molar-refractivity contribution in [2.24, 2.45) is 0 Å². The molecule has 0 aliphatic heterocycles. The van der Waals surface area contributed by atoms with Crippen LogP contribution in [0.1, 0.15) is 16.1 Å². The van der Waals surface area contributed by atoms with Crippen LogP contribution < -0.4 is 5.73 Å². The van der Waals surface area contributed by atoms with Crippen LogP contribution in [0.4, 0.5) is 10.1 Å². The summed E-state index contributed by atoms with van der Waals surface area (Å²) in [5, 5.41) is 18.6. The lowest BCUT2D eigenvalue weighted by Gasteiger charge is -2.10. The average Bonchev–Trinajstić information content (AvgIpc) is 2.78. The molecule has 1 aromatic carbocycles. The minimum absolute atomic E-state index is 0.00258. The summed E-state index contributed by atoms with van der Waals surface area (Å²) in [6, 6.07) is 3.94. The number of nitriles is 1. The molecule has 8 heteroatoms. The van der Waals surface area contributed by atoms with Crippen LogP contribution in [0, 0.1) is 17.1 Å². The number of benzene rings is 1. The molecule has 0 saturated carbocycles. The number of carbonyl (C=O) groups is 1. The quantitative estimate of drug-likeness (QED) is 0.806. The zero-order valence-corrected chi connectivity index (χ0v) is 12.3. The molecule has 2 aromatic rings. The second-order valence-corrected chi connectivity index (χ2v) is 4.89. The van der Waals surface area contributed by atoms with Crippen molar-refractivity contribution in [3.8, 4) is 17.5 Å². The van der Waals surface area contributed by atoms with E-state index in [-0.39, 0.29) is 32.9 Å². The van der Waals surface area contributed by atoms with Gasteiger partial charge in [-0.25, -0.2) is 9.18 Å². The van der Waals surface area contributed by atoms with Crippen molar-refractivity contribution in [1.29, 1.82) is 5.26 Å². The molecule has 1 heterocycles. The van der Waals surface area contributed by atoms with Gasteiger partial charge in [-0.1, -0.05) is 0 Å². The van der Waals surface area contributed by atoms with E-state index in [2.05, 4.69) is 20.7 Å². The molecule has 0 atom stereocenters. The van der Waals surface area contributed by atoms with Gasteiger partial charge in [0.25, 0.3) is 0 Å². The van der Waals surface area contributed by atoms with Gasteiger partial charge in [0, 0.05) is 12.3 Å². The Morgan fingerprint density at radius 1 is 1.57 bits per heavy atom. The molecule has 0 spiro atoms. The molecule has 3 N–H and O–H groups in total. The van der Waals surface area contributed by atoms with Crippen molar-refractivity contribution in [3.63, 3.8) is 0 Å². The summed E-state index contributed by atoms with van der Waals surface area (Å²) in [6.07, 6.45) is 1.20. The molecule has 0 fully saturated rings. The molecule has 108 valence electrons. The van der Waals surface area contributed by atoms with Crippen LogP contribution in [0.25, 0.3) is 5.69 Å². The summed E-state index contributed by atoms with van der Waals surface area (Å²) in [5.41, 5.74) is 5.27.